The molecule has 1 N–H and O–H groups in total. The van der Waals surface area contributed by atoms with E-state index in [9.17, 15) is 10.1 Å². The molecule has 0 bridgehead atoms. The van der Waals surface area contributed by atoms with E-state index in [1.807, 2.05) is 17.3 Å². The molecule has 3 rings (SSSR count). The van der Waals surface area contributed by atoms with Crippen molar-refractivity contribution >= 4 is 27.9 Å². The zero-order valence-electron chi connectivity index (χ0n) is 11.3. The molecule has 1 aliphatic heterocycles. The van der Waals surface area contributed by atoms with Gasteiger partial charge in [-0.2, -0.15) is 9.38 Å². The maximum absolute atomic E-state index is 11.3. The van der Waals surface area contributed by atoms with E-state index in [0.717, 1.165) is 19.5 Å². The summed E-state index contributed by atoms with van der Waals surface area (Å²) in [6.07, 6.45) is 5.23. The Kier molecular flexibility index (Phi) is 3.58. The van der Waals surface area contributed by atoms with Gasteiger partial charge in [0.1, 0.15) is 6.20 Å². The lowest BCUT2D eigenvalue weighted by molar-refractivity contribution is -0.389. The van der Waals surface area contributed by atoms with Crippen molar-refractivity contribution < 1.29 is 4.92 Å². The Morgan fingerprint density at radius 1 is 1.65 bits per heavy atom. The Morgan fingerprint density at radius 3 is 3.20 bits per heavy atom. The molecule has 1 unspecified atom stereocenters. The molecule has 108 valence electrons. The van der Waals surface area contributed by atoms with Gasteiger partial charge in [-0.25, -0.2) is 0 Å². The molecule has 2 aromatic heterocycles. The first-order valence-electron chi connectivity index (χ1n) is 6.71. The van der Waals surface area contributed by atoms with Gasteiger partial charge in [0.05, 0.1) is 0 Å². The molecule has 2 aromatic rings. The number of piperidine rings is 1. The highest BCUT2D eigenvalue weighted by Gasteiger charge is 2.27. The first-order chi connectivity index (χ1) is 9.66. The van der Waals surface area contributed by atoms with Crippen LogP contribution < -0.4 is 10.2 Å². The van der Waals surface area contributed by atoms with Crippen LogP contribution in [-0.4, -0.2) is 40.5 Å². The van der Waals surface area contributed by atoms with Crippen molar-refractivity contribution in [2.75, 3.05) is 25.0 Å². The number of hydrogen-bond donors (Lipinski definition) is 1. The normalized spacial score (nSPS) is 19.4. The van der Waals surface area contributed by atoms with Crippen LogP contribution >= 0.6 is 11.3 Å². The molecule has 1 fully saturated rings. The molecule has 20 heavy (non-hydrogen) atoms. The van der Waals surface area contributed by atoms with Crippen LogP contribution in [0.5, 0.6) is 0 Å². The monoisotopic (exact) mass is 295 g/mol. The third kappa shape index (κ3) is 2.36. The minimum absolute atomic E-state index is 0.0551. The predicted octanol–water partition coefficient (Wildman–Crippen LogP) is 1.88. The van der Waals surface area contributed by atoms with Gasteiger partial charge in [0.25, 0.3) is 4.96 Å². The van der Waals surface area contributed by atoms with Gasteiger partial charge in [-0.3, -0.25) is 0 Å². The summed E-state index contributed by atoms with van der Waals surface area (Å²) in [6.45, 7) is 1.77. The highest BCUT2D eigenvalue weighted by molar-refractivity contribution is 7.15. The fourth-order valence-corrected chi connectivity index (χ4v) is 3.39. The minimum atomic E-state index is -0.354. The van der Waals surface area contributed by atoms with E-state index in [4.69, 9.17) is 0 Å². The van der Waals surface area contributed by atoms with E-state index >= 15 is 0 Å². The number of fused-ring (bicyclic) bond motifs is 1. The van der Waals surface area contributed by atoms with Crippen molar-refractivity contribution in [3.8, 4) is 0 Å². The first-order valence-corrected chi connectivity index (χ1v) is 7.59. The fourth-order valence-electron chi connectivity index (χ4n) is 2.68. The second-order valence-electron chi connectivity index (χ2n) is 5.10. The molecule has 1 aliphatic rings. The summed E-state index contributed by atoms with van der Waals surface area (Å²) >= 11 is 1.41. The topological polar surface area (TPSA) is 75.7 Å². The molecule has 3 heterocycles. The van der Waals surface area contributed by atoms with Gasteiger partial charge in [0.2, 0.25) is 5.82 Å². The molecular weight excluding hydrogens is 278 g/mol. The first kappa shape index (κ1) is 13.3. The van der Waals surface area contributed by atoms with Crippen LogP contribution in [0.25, 0.3) is 4.96 Å². The Morgan fingerprint density at radius 2 is 2.50 bits per heavy atom. The number of rotatable bonds is 4. The average Bonchev–Trinajstić information content (AvgIpc) is 2.98. The van der Waals surface area contributed by atoms with Crippen molar-refractivity contribution in [3.05, 3.63) is 21.7 Å². The lowest BCUT2D eigenvalue weighted by Gasteiger charge is -2.27. The number of thiazole rings is 1. The second-order valence-corrected chi connectivity index (χ2v) is 5.97. The largest absolute Gasteiger partial charge is 0.373 e. The zero-order valence-corrected chi connectivity index (χ0v) is 12.1. The second kappa shape index (κ2) is 5.37. The van der Waals surface area contributed by atoms with Crippen LogP contribution in [0.1, 0.15) is 19.3 Å². The molecule has 1 saturated heterocycles. The number of hydrogen-bond acceptors (Lipinski definition) is 6. The summed E-state index contributed by atoms with van der Waals surface area (Å²) in [4.78, 5) is 17.9. The number of nitro groups is 1. The number of nitrogens with zero attached hydrogens (tertiary/aromatic N) is 4. The summed E-state index contributed by atoms with van der Waals surface area (Å²) in [5.41, 5.74) is 0. The van der Waals surface area contributed by atoms with E-state index in [1.54, 1.807) is 10.6 Å². The number of imidazole rings is 1. The Labute approximate surface area is 120 Å². The van der Waals surface area contributed by atoms with Gasteiger partial charge < -0.3 is 20.3 Å². The van der Waals surface area contributed by atoms with E-state index in [1.165, 1.54) is 24.2 Å². The van der Waals surface area contributed by atoms with Crippen molar-refractivity contribution in [1.82, 2.24) is 14.7 Å². The molecular formula is C12H17N5O2S. The third-order valence-corrected chi connectivity index (χ3v) is 4.42. The number of nitrogens with one attached hydrogen (secondary N) is 1. The average molecular weight is 295 g/mol. The molecule has 0 radical (unpaired) electrons. The molecule has 7 nitrogen and oxygen atoms in total. The van der Waals surface area contributed by atoms with Crippen molar-refractivity contribution in [2.24, 2.45) is 0 Å². The van der Waals surface area contributed by atoms with Crippen molar-refractivity contribution in [1.29, 1.82) is 0 Å². The van der Waals surface area contributed by atoms with Gasteiger partial charge in [-0.05, 0) is 24.3 Å². The maximum atomic E-state index is 11.3. The quantitative estimate of drug-likeness (QED) is 0.688. The van der Waals surface area contributed by atoms with E-state index in [2.05, 4.69) is 10.3 Å². The fraction of sp³-hybridized carbons (Fsp3) is 0.583. The SMILES string of the molecule is CN(CC1CCCCN1)c1nc2sccn2c1[N+](=O)[O-]. The van der Waals surface area contributed by atoms with Crippen LogP contribution in [0.15, 0.2) is 11.6 Å². The third-order valence-electron chi connectivity index (χ3n) is 3.66. The molecule has 0 amide bonds. The predicted molar refractivity (Wildman–Crippen MR) is 78.6 cm³/mol. The summed E-state index contributed by atoms with van der Waals surface area (Å²) in [5, 5.41) is 16.6. The Balaban J connectivity index is 1.86. The van der Waals surface area contributed by atoms with Gasteiger partial charge in [-0.15, -0.1) is 0 Å². The molecule has 0 aliphatic carbocycles. The smallest absolute Gasteiger partial charge is 0.358 e. The highest BCUT2D eigenvalue weighted by atomic mass is 32.1. The van der Waals surface area contributed by atoms with E-state index < -0.39 is 0 Å². The number of likely N-dealkylation sites (N-methyl/N-ethyl adjacent to an activating group) is 1. The zero-order chi connectivity index (χ0) is 14.1. The minimum Gasteiger partial charge on any atom is -0.358 e. The van der Waals surface area contributed by atoms with Crippen LogP contribution in [0.4, 0.5) is 11.6 Å². The standard InChI is InChI=1S/C12H17N5O2S/c1-15(8-9-4-2-3-5-13-9)10-11(17(18)19)16-6-7-20-12(16)14-10/h6-7,9,13H,2-5,8H2,1H3. The van der Waals surface area contributed by atoms with Crippen molar-refractivity contribution in [2.45, 2.75) is 25.3 Å². The summed E-state index contributed by atoms with van der Waals surface area (Å²) < 4.78 is 1.55. The van der Waals surface area contributed by atoms with Crippen LogP contribution in [-0.2, 0) is 0 Å². The Bertz CT molecular complexity index is 616. The molecule has 8 heteroatoms. The van der Waals surface area contributed by atoms with Gasteiger partial charge in [0.15, 0.2) is 0 Å². The summed E-state index contributed by atoms with van der Waals surface area (Å²) in [6, 6.07) is 0.382. The molecule has 0 saturated carbocycles. The number of aromatic nitrogens is 2. The van der Waals surface area contributed by atoms with Gasteiger partial charge in [-0.1, -0.05) is 17.8 Å². The lowest BCUT2D eigenvalue weighted by atomic mass is 10.0. The number of anilines is 1. The molecule has 1 atom stereocenters. The maximum Gasteiger partial charge on any atom is 0.373 e. The molecule has 0 spiro atoms. The molecule has 0 aromatic carbocycles. The van der Waals surface area contributed by atoms with E-state index in [-0.39, 0.29) is 10.7 Å². The van der Waals surface area contributed by atoms with Gasteiger partial charge >= 0.3 is 5.82 Å². The van der Waals surface area contributed by atoms with Crippen LogP contribution in [0.3, 0.4) is 0 Å². The van der Waals surface area contributed by atoms with E-state index in [0.29, 0.717) is 16.8 Å². The van der Waals surface area contributed by atoms with Crippen LogP contribution in [0.2, 0.25) is 0 Å². The summed E-state index contributed by atoms with van der Waals surface area (Å²) in [7, 11) is 1.87. The van der Waals surface area contributed by atoms with Crippen LogP contribution in [0, 0.1) is 10.1 Å². The Hall–Kier alpha value is -1.67. The highest BCUT2D eigenvalue weighted by Crippen LogP contribution is 2.30. The van der Waals surface area contributed by atoms with Gasteiger partial charge in [0, 0.05) is 25.0 Å². The summed E-state index contributed by atoms with van der Waals surface area (Å²) in [5.74, 6) is 0.508. The van der Waals surface area contributed by atoms with Crippen molar-refractivity contribution in [3.63, 3.8) is 0 Å². The lowest BCUT2D eigenvalue weighted by Crippen LogP contribution is -2.42.